The number of aryl methyl sites for hydroxylation is 1. The third kappa shape index (κ3) is 3.58. The van der Waals surface area contributed by atoms with Gasteiger partial charge in [-0.2, -0.15) is 4.98 Å². The molecule has 1 aromatic carbocycles. The zero-order chi connectivity index (χ0) is 17.2. The predicted molar refractivity (Wildman–Crippen MR) is 92.8 cm³/mol. The van der Waals surface area contributed by atoms with Crippen LogP contribution in [0.4, 0.5) is 0 Å². The van der Waals surface area contributed by atoms with Gasteiger partial charge in [-0.05, 0) is 36.3 Å². The van der Waals surface area contributed by atoms with E-state index in [2.05, 4.69) is 39.7 Å². The molecule has 25 heavy (non-hydrogen) atoms. The molecule has 2 aliphatic heterocycles. The van der Waals surface area contributed by atoms with E-state index in [1.807, 2.05) is 4.90 Å². The van der Waals surface area contributed by atoms with Crippen LogP contribution >= 0.6 is 0 Å². The number of piperidine rings is 1. The Morgan fingerprint density at radius 3 is 3.00 bits per heavy atom. The molecule has 2 aliphatic rings. The first kappa shape index (κ1) is 16.3. The maximum atomic E-state index is 13.0. The molecule has 1 aromatic heterocycles. The van der Waals surface area contributed by atoms with Crippen molar-refractivity contribution in [3.8, 4) is 0 Å². The summed E-state index contributed by atoms with van der Waals surface area (Å²) in [6, 6.07) is 8.26. The molecule has 4 rings (SSSR count). The Labute approximate surface area is 147 Å². The number of hydrogen-bond donors (Lipinski definition) is 1. The lowest BCUT2D eigenvalue weighted by atomic mass is 9.92. The second-order valence-corrected chi connectivity index (χ2v) is 7.13. The van der Waals surface area contributed by atoms with Crippen LogP contribution in [0.3, 0.4) is 0 Å². The highest BCUT2D eigenvalue weighted by Gasteiger charge is 2.31. The minimum absolute atomic E-state index is 0.110. The first-order valence-electron chi connectivity index (χ1n) is 9.07. The monoisotopic (exact) mass is 340 g/mol. The largest absolute Gasteiger partial charge is 0.341 e. The summed E-state index contributed by atoms with van der Waals surface area (Å²) < 4.78 is 5.06. The first-order chi connectivity index (χ1) is 12.2. The lowest BCUT2D eigenvalue weighted by Gasteiger charge is -2.36. The number of fused-ring (bicyclic) bond motifs is 1. The number of carbonyl (C=O) groups is 1. The molecule has 1 amide bonds. The Balaban J connectivity index is 1.38. The highest BCUT2D eigenvalue weighted by atomic mass is 16.5. The molecule has 1 fully saturated rings. The molecule has 1 N–H and O–H groups in total. The Hall–Kier alpha value is -2.21. The Morgan fingerprint density at radius 2 is 2.20 bits per heavy atom. The van der Waals surface area contributed by atoms with Crippen LogP contribution in [-0.4, -0.2) is 40.1 Å². The highest BCUT2D eigenvalue weighted by molar-refractivity contribution is 5.82. The summed E-state index contributed by atoms with van der Waals surface area (Å²) in [6.45, 7) is 4.21. The molecular weight excluding hydrogens is 316 g/mol. The Kier molecular flexibility index (Phi) is 4.53. The van der Waals surface area contributed by atoms with Gasteiger partial charge in [0.05, 0.1) is 6.04 Å². The molecule has 3 heterocycles. The number of carbonyl (C=O) groups excluding carboxylic acids is 1. The lowest BCUT2D eigenvalue weighted by Crippen LogP contribution is -2.52. The number of likely N-dealkylation sites (tertiary alicyclic amines) is 1. The van der Waals surface area contributed by atoms with Crippen molar-refractivity contribution < 1.29 is 9.32 Å². The standard InChI is InChI=1S/C19H24N4O2/c1-13-21-18(22-25-13)9-14-5-4-8-23(12-14)19(24)17-10-15-6-2-3-7-16(15)11-20-17/h2-3,6-7,14,17,20H,4-5,8-12H2,1H3/t14-,17-/m0/s1. The summed E-state index contributed by atoms with van der Waals surface area (Å²) >= 11 is 0. The molecule has 0 aliphatic carbocycles. The average Bonchev–Trinajstić information content (AvgIpc) is 3.05. The van der Waals surface area contributed by atoms with Crippen LogP contribution in [0.15, 0.2) is 28.8 Å². The third-order valence-electron chi connectivity index (χ3n) is 5.25. The van der Waals surface area contributed by atoms with Gasteiger partial charge in [-0.15, -0.1) is 0 Å². The summed E-state index contributed by atoms with van der Waals surface area (Å²) in [6.07, 6.45) is 3.71. The molecular formula is C19H24N4O2. The van der Waals surface area contributed by atoms with Crippen molar-refractivity contribution in [1.29, 1.82) is 0 Å². The first-order valence-corrected chi connectivity index (χ1v) is 9.07. The zero-order valence-corrected chi connectivity index (χ0v) is 14.6. The number of nitrogens with zero attached hydrogens (tertiary/aromatic N) is 3. The lowest BCUT2D eigenvalue weighted by molar-refractivity contribution is -0.135. The third-order valence-corrected chi connectivity index (χ3v) is 5.25. The van der Waals surface area contributed by atoms with Gasteiger partial charge >= 0.3 is 0 Å². The van der Waals surface area contributed by atoms with E-state index in [0.717, 1.165) is 51.1 Å². The maximum absolute atomic E-state index is 13.0. The normalized spacial score (nSPS) is 23.3. The van der Waals surface area contributed by atoms with Crippen molar-refractivity contribution in [2.45, 2.75) is 45.2 Å². The van der Waals surface area contributed by atoms with Crippen molar-refractivity contribution >= 4 is 5.91 Å². The Bertz CT molecular complexity index is 757. The van der Waals surface area contributed by atoms with E-state index in [9.17, 15) is 4.79 Å². The van der Waals surface area contributed by atoms with Gasteiger partial charge < -0.3 is 14.7 Å². The van der Waals surface area contributed by atoms with E-state index < -0.39 is 0 Å². The minimum atomic E-state index is -0.110. The maximum Gasteiger partial charge on any atom is 0.240 e. The average molecular weight is 340 g/mol. The summed E-state index contributed by atoms with van der Waals surface area (Å²) in [4.78, 5) is 19.3. The Morgan fingerprint density at radius 1 is 1.36 bits per heavy atom. The number of aromatic nitrogens is 2. The fourth-order valence-corrected chi connectivity index (χ4v) is 3.96. The number of hydrogen-bond acceptors (Lipinski definition) is 5. The van der Waals surface area contributed by atoms with Crippen LogP contribution in [0, 0.1) is 12.8 Å². The molecule has 6 nitrogen and oxygen atoms in total. The predicted octanol–water partition coefficient (Wildman–Crippen LogP) is 1.87. The topological polar surface area (TPSA) is 71.3 Å². The van der Waals surface area contributed by atoms with Gasteiger partial charge in [-0.25, -0.2) is 0 Å². The van der Waals surface area contributed by atoms with E-state index >= 15 is 0 Å². The van der Waals surface area contributed by atoms with Crippen LogP contribution in [-0.2, 0) is 24.2 Å². The molecule has 0 unspecified atom stereocenters. The van der Waals surface area contributed by atoms with Gasteiger partial charge in [-0.1, -0.05) is 29.4 Å². The summed E-state index contributed by atoms with van der Waals surface area (Å²) in [5, 5.41) is 7.40. The van der Waals surface area contributed by atoms with Crippen molar-refractivity contribution in [2.24, 2.45) is 5.92 Å². The molecule has 2 aromatic rings. The summed E-state index contributed by atoms with van der Waals surface area (Å²) in [7, 11) is 0. The van der Waals surface area contributed by atoms with Gasteiger partial charge in [0.25, 0.3) is 0 Å². The van der Waals surface area contributed by atoms with Crippen molar-refractivity contribution in [3.05, 3.63) is 47.1 Å². The van der Waals surface area contributed by atoms with E-state index in [4.69, 9.17) is 4.52 Å². The summed E-state index contributed by atoms with van der Waals surface area (Å²) in [5.74, 6) is 1.99. The van der Waals surface area contributed by atoms with Crippen molar-refractivity contribution in [3.63, 3.8) is 0 Å². The number of amides is 1. The second-order valence-electron chi connectivity index (χ2n) is 7.13. The summed E-state index contributed by atoms with van der Waals surface area (Å²) in [5.41, 5.74) is 2.59. The SMILES string of the molecule is Cc1nc(C[C@@H]2CCCN(C(=O)[C@@H]3Cc4ccccc4CN3)C2)no1. The smallest absolute Gasteiger partial charge is 0.240 e. The van der Waals surface area contributed by atoms with E-state index in [1.165, 1.54) is 11.1 Å². The number of nitrogens with one attached hydrogen (secondary N) is 1. The van der Waals surface area contributed by atoms with Crippen LogP contribution in [0.25, 0.3) is 0 Å². The van der Waals surface area contributed by atoms with Crippen molar-refractivity contribution in [2.75, 3.05) is 13.1 Å². The van der Waals surface area contributed by atoms with Gasteiger partial charge in [-0.3, -0.25) is 4.79 Å². The molecule has 132 valence electrons. The van der Waals surface area contributed by atoms with Crippen molar-refractivity contribution in [1.82, 2.24) is 20.4 Å². The van der Waals surface area contributed by atoms with Gasteiger partial charge in [0.15, 0.2) is 5.82 Å². The van der Waals surface area contributed by atoms with Gasteiger partial charge in [0.2, 0.25) is 11.8 Å². The van der Waals surface area contributed by atoms with E-state index in [0.29, 0.717) is 11.8 Å². The molecule has 2 atom stereocenters. The van der Waals surface area contributed by atoms with Crippen LogP contribution in [0.1, 0.15) is 35.7 Å². The molecule has 0 radical (unpaired) electrons. The van der Waals surface area contributed by atoms with Crippen LogP contribution in [0.5, 0.6) is 0 Å². The van der Waals surface area contributed by atoms with Gasteiger partial charge in [0, 0.05) is 33.0 Å². The molecule has 0 saturated carbocycles. The number of rotatable bonds is 3. The molecule has 6 heteroatoms. The fraction of sp³-hybridized carbons (Fsp3) is 0.526. The van der Waals surface area contributed by atoms with Crippen LogP contribution < -0.4 is 5.32 Å². The van der Waals surface area contributed by atoms with E-state index in [1.54, 1.807) is 6.92 Å². The molecule has 0 bridgehead atoms. The number of benzene rings is 1. The van der Waals surface area contributed by atoms with E-state index in [-0.39, 0.29) is 11.9 Å². The highest BCUT2D eigenvalue weighted by Crippen LogP contribution is 2.23. The second kappa shape index (κ2) is 6.96. The van der Waals surface area contributed by atoms with Gasteiger partial charge in [0.1, 0.15) is 0 Å². The zero-order valence-electron chi connectivity index (χ0n) is 14.6. The van der Waals surface area contributed by atoms with Crippen LogP contribution in [0.2, 0.25) is 0 Å². The fourth-order valence-electron chi connectivity index (χ4n) is 3.96. The minimum Gasteiger partial charge on any atom is -0.341 e. The molecule has 1 saturated heterocycles. The quantitative estimate of drug-likeness (QED) is 0.924. The molecule has 0 spiro atoms.